The lowest BCUT2D eigenvalue weighted by Crippen LogP contribution is -2.16. The fourth-order valence-corrected chi connectivity index (χ4v) is 3.25. The average Bonchev–Trinajstić information content (AvgIpc) is 2.72. The number of carbonyl (C=O) groups is 1. The summed E-state index contributed by atoms with van der Waals surface area (Å²) in [7, 11) is -2.26. The van der Waals surface area contributed by atoms with Gasteiger partial charge < -0.3 is 9.67 Å². The fourth-order valence-electron chi connectivity index (χ4n) is 1.64. The van der Waals surface area contributed by atoms with Gasteiger partial charge in [-0.25, -0.2) is 9.78 Å². The summed E-state index contributed by atoms with van der Waals surface area (Å²) in [4.78, 5) is 15.1. The van der Waals surface area contributed by atoms with Crippen LogP contribution in [0.3, 0.4) is 0 Å². The molecule has 0 unspecified atom stereocenters. The number of hydrogen-bond donors (Lipinski definition) is 2. The van der Waals surface area contributed by atoms with Crippen LogP contribution in [0.4, 0.5) is 5.69 Å². The van der Waals surface area contributed by atoms with Crippen LogP contribution in [0.5, 0.6) is 0 Å². The molecule has 1 aromatic carbocycles. The van der Waals surface area contributed by atoms with E-state index in [1.807, 2.05) is 22.6 Å². The molecule has 21 heavy (non-hydrogen) atoms. The Morgan fingerprint density at radius 3 is 2.62 bits per heavy atom. The molecule has 7 nitrogen and oxygen atoms in total. The largest absolute Gasteiger partial charge is 0.478 e. The molecule has 9 heteroatoms. The number of rotatable bonds is 4. The highest BCUT2D eigenvalue weighted by Gasteiger charge is 2.21. The maximum atomic E-state index is 12.2. The van der Waals surface area contributed by atoms with Gasteiger partial charge in [0.1, 0.15) is 5.82 Å². The normalized spacial score (nSPS) is 11.4. The smallest absolute Gasteiger partial charge is 0.337 e. The Hall–Kier alpha value is -1.62. The monoisotopic (exact) mass is 421 g/mol. The molecule has 0 fully saturated rings. The number of imidazole rings is 1. The van der Waals surface area contributed by atoms with Gasteiger partial charge in [0.05, 0.1) is 11.3 Å². The van der Waals surface area contributed by atoms with E-state index in [4.69, 9.17) is 5.11 Å². The fraction of sp³-hybridized carbons (Fsp3) is 0.167. The lowest BCUT2D eigenvalue weighted by Gasteiger charge is -2.09. The molecule has 0 aliphatic rings. The second-order valence-electron chi connectivity index (χ2n) is 4.34. The van der Waals surface area contributed by atoms with Gasteiger partial charge in [-0.15, -0.1) is 0 Å². The molecule has 0 saturated heterocycles. The zero-order valence-electron chi connectivity index (χ0n) is 11.2. The van der Waals surface area contributed by atoms with Gasteiger partial charge in [0, 0.05) is 16.8 Å². The van der Waals surface area contributed by atoms with Crippen LogP contribution in [0.25, 0.3) is 0 Å². The van der Waals surface area contributed by atoms with E-state index in [9.17, 15) is 13.2 Å². The zero-order valence-corrected chi connectivity index (χ0v) is 14.1. The van der Waals surface area contributed by atoms with Crippen molar-refractivity contribution in [3.63, 3.8) is 0 Å². The number of halogens is 1. The summed E-state index contributed by atoms with van der Waals surface area (Å²) < 4.78 is 29.0. The molecule has 2 aromatic rings. The number of aryl methyl sites for hydroxylation is 2. The zero-order chi connectivity index (χ0) is 15.8. The molecule has 1 heterocycles. The summed E-state index contributed by atoms with van der Waals surface area (Å²) in [5.41, 5.74) is -0.107. The van der Waals surface area contributed by atoms with Crippen molar-refractivity contribution in [2.45, 2.75) is 11.9 Å². The molecular weight excluding hydrogens is 409 g/mol. The van der Waals surface area contributed by atoms with Crippen molar-refractivity contribution in [1.29, 1.82) is 0 Å². The third kappa shape index (κ3) is 3.35. The highest BCUT2D eigenvalue weighted by molar-refractivity contribution is 14.1. The minimum Gasteiger partial charge on any atom is -0.478 e. The van der Waals surface area contributed by atoms with E-state index in [2.05, 4.69) is 9.71 Å². The lowest BCUT2D eigenvalue weighted by molar-refractivity contribution is 0.0698. The van der Waals surface area contributed by atoms with Crippen LogP contribution in [0, 0.1) is 10.5 Å². The van der Waals surface area contributed by atoms with Gasteiger partial charge in [0.15, 0.2) is 5.03 Å². The maximum Gasteiger partial charge on any atom is 0.337 e. The predicted molar refractivity (Wildman–Crippen MR) is 84.9 cm³/mol. The number of carboxylic acid groups (broad SMARTS) is 1. The number of nitrogens with zero attached hydrogens (tertiary/aromatic N) is 2. The number of hydrogen-bond acceptors (Lipinski definition) is 4. The van der Waals surface area contributed by atoms with Crippen molar-refractivity contribution in [2.75, 3.05) is 4.72 Å². The van der Waals surface area contributed by atoms with E-state index >= 15 is 0 Å². The number of carboxylic acids is 1. The number of sulfonamides is 1. The van der Waals surface area contributed by atoms with E-state index in [1.54, 1.807) is 24.6 Å². The van der Waals surface area contributed by atoms with Gasteiger partial charge in [-0.1, -0.05) is 0 Å². The number of nitrogens with one attached hydrogen (secondary N) is 1. The van der Waals surface area contributed by atoms with Crippen molar-refractivity contribution in [2.24, 2.45) is 7.05 Å². The molecule has 2 N–H and O–H groups in total. The van der Waals surface area contributed by atoms with Crippen LogP contribution in [0.1, 0.15) is 16.2 Å². The van der Waals surface area contributed by atoms with Crippen molar-refractivity contribution >= 4 is 44.3 Å². The van der Waals surface area contributed by atoms with Gasteiger partial charge in [-0.05, 0) is 47.7 Å². The summed E-state index contributed by atoms with van der Waals surface area (Å²) >= 11 is 1.96. The second-order valence-corrected chi connectivity index (χ2v) is 7.21. The van der Waals surface area contributed by atoms with Gasteiger partial charge in [0.2, 0.25) is 0 Å². The van der Waals surface area contributed by atoms with E-state index in [-0.39, 0.29) is 16.3 Å². The van der Waals surface area contributed by atoms with E-state index < -0.39 is 16.0 Å². The average molecular weight is 421 g/mol. The molecule has 112 valence electrons. The third-order valence-corrected chi connectivity index (χ3v) is 4.73. The predicted octanol–water partition coefficient (Wildman–Crippen LogP) is 1.83. The van der Waals surface area contributed by atoms with Crippen LogP contribution in [0.2, 0.25) is 0 Å². The Labute approximate surface area is 135 Å². The summed E-state index contributed by atoms with van der Waals surface area (Å²) in [6.45, 7) is 1.67. The highest BCUT2D eigenvalue weighted by atomic mass is 127. The van der Waals surface area contributed by atoms with Gasteiger partial charge in [-0.3, -0.25) is 4.72 Å². The summed E-state index contributed by atoms with van der Waals surface area (Å²) in [5.74, 6) is -0.667. The Morgan fingerprint density at radius 1 is 1.43 bits per heavy atom. The molecule has 0 aliphatic carbocycles. The van der Waals surface area contributed by atoms with Crippen molar-refractivity contribution in [1.82, 2.24) is 9.55 Å². The van der Waals surface area contributed by atoms with Crippen LogP contribution in [0.15, 0.2) is 29.4 Å². The quantitative estimate of drug-likeness (QED) is 0.734. The summed E-state index contributed by atoms with van der Waals surface area (Å²) in [6.07, 6.45) is 1.37. The molecule has 0 bridgehead atoms. The third-order valence-electron chi connectivity index (χ3n) is 2.82. The van der Waals surface area contributed by atoms with Crippen LogP contribution in [-0.2, 0) is 17.1 Å². The Bertz CT molecular complexity index is 794. The standard InChI is InChI=1S/C12H12IN3O4S/c1-7-14-11(6-16(7)2)21(19,20)15-10-4-3-8(13)5-9(10)12(17)18/h3-6,15H,1-2H3,(H,17,18). The molecule has 0 atom stereocenters. The van der Waals surface area contributed by atoms with Crippen molar-refractivity contribution in [3.05, 3.63) is 39.4 Å². The summed E-state index contributed by atoms with van der Waals surface area (Å²) in [5, 5.41) is 8.99. The maximum absolute atomic E-state index is 12.2. The van der Waals surface area contributed by atoms with Crippen molar-refractivity contribution < 1.29 is 18.3 Å². The first-order valence-corrected chi connectivity index (χ1v) is 8.32. The molecule has 1 aromatic heterocycles. The Morgan fingerprint density at radius 2 is 2.10 bits per heavy atom. The minimum atomic E-state index is -3.93. The highest BCUT2D eigenvalue weighted by Crippen LogP contribution is 2.22. The van der Waals surface area contributed by atoms with Gasteiger partial charge >= 0.3 is 5.97 Å². The van der Waals surface area contributed by atoms with Gasteiger partial charge in [0.25, 0.3) is 10.0 Å². The second kappa shape index (κ2) is 5.64. The van der Waals surface area contributed by atoms with Crippen LogP contribution in [-0.4, -0.2) is 29.0 Å². The molecular formula is C12H12IN3O4S. The molecule has 0 saturated carbocycles. The molecule has 2 rings (SSSR count). The molecule has 0 radical (unpaired) electrons. The first-order chi connectivity index (χ1) is 9.70. The minimum absolute atomic E-state index is 0.00576. The molecule has 0 aliphatic heterocycles. The molecule has 0 spiro atoms. The Kier molecular flexibility index (Phi) is 4.23. The Balaban J connectivity index is 2.44. The molecule has 0 amide bonds. The first kappa shape index (κ1) is 15.8. The van der Waals surface area contributed by atoms with E-state index in [0.29, 0.717) is 9.39 Å². The SMILES string of the molecule is Cc1nc(S(=O)(=O)Nc2ccc(I)cc2C(=O)O)cn1C. The van der Waals surface area contributed by atoms with Crippen molar-refractivity contribution in [3.8, 4) is 0 Å². The number of aromatic carboxylic acids is 1. The van der Waals surface area contributed by atoms with E-state index in [0.717, 1.165) is 0 Å². The number of anilines is 1. The van der Waals surface area contributed by atoms with Crippen LogP contribution < -0.4 is 4.72 Å². The number of benzene rings is 1. The van der Waals surface area contributed by atoms with Crippen LogP contribution >= 0.6 is 22.6 Å². The first-order valence-electron chi connectivity index (χ1n) is 5.76. The number of aromatic nitrogens is 2. The van der Waals surface area contributed by atoms with Gasteiger partial charge in [-0.2, -0.15) is 8.42 Å². The van der Waals surface area contributed by atoms with E-state index in [1.165, 1.54) is 18.3 Å². The lowest BCUT2D eigenvalue weighted by atomic mass is 10.2. The topological polar surface area (TPSA) is 101 Å². The summed E-state index contributed by atoms with van der Waals surface area (Å²) in [6, 6.07) is 4.43.